The Bertz CT molecular complexity index is 812. The van der Waals surface area contributed by atoms with Crippen molar-refractivity contribution < 1.29 is 4.79 Å². The highest BCUT2D eigenvalue weighted by Crippen LogP contribution is 2.30. The number of piperazine rings is 1. The van der Waals surface area contributed by atoms with Crippen molar-refractivity contribution in [3.05, 3.63) is 41.6 Å². The average Bonchev–Trinajstić information content (AvgIpc) is 3.04. The zero-order valence-corrected chi connectivity index (χ0v) is 18.7. The van der Waals surface area contributed by atoms with Crippen LogP contribution in [0.1, 0.15) is 25.1 Å². The number of anilines is 1. The van der Waals surface area contributed by atoms with Crippen LogP contribution in [0.5, 0.6) is 0 Å². The second kappa shape index (κ2) is 9.63. The maximum Gasteiger partial charge on any atom is 0.237 e. The van der Waals surface area contributed by atoms with Gasteiger partial charge >= 0.3 is 0 Å². The number of halogens is 1. The summed E-state index contributed by atoms with van der Waals surface area (Å²) in [5.41, 5.74) is 3.10. The number of rotatable bonds is 7. The van der Waals surface area contributed by atoms with Gasteiger partial charge in [-0.1, -0.05) is 32.0 Å². The molecule has 2 heterocycles. The van der Waals surface area contributed by atoms with Gasteiger partial charge in [0.15, 0.2) is 0 Å². The van der Waals surface area contributed by atoms with Crippen LogP contribution in [-0.4, -0.2) is 71.1 Å². The van der Waals surface area contributed by atoms with Crippen molar-refractivity contribution >= 4 is 23.3 Å². The van der Waals surface area contributed by atoms with Gasteiger partial charge in [0.2, 0.25) is 5.91 Å². The van der Waals surface area contributed by atoms with E-state index in [0.717, 1.165) is 48.9 Å². The molecule has 6 nitrogen and oxygen atoms in total. The number of hydrogen-bond donors (Lipinski definition) is 0. The van der Waals surface area contributed by atoms with E-state index in [2.05, 4.69) is 42.8 Å². The predicted molar refractivity (Wildman–Crippen MR) is 119 cm³/mol. The topological polar surface area (TPSA) is 44.6 Å². The monoisotopic (exact) mass is 417 g/mol. The first kappa shape index (κ1) is 21.7. The molecule has 0 saturated carbocycles. The lowest BCUT2D eigenvalue weighted by atomic mass is 10.1. The molecule has 158 valence electrons. The van der Waals surface area contributed by atoms with Gasteiger partial charge in [0.25, 0.3) is 0 Å². The van der Waals surface area contributed by atoms with E-state index in [4.69, 9.17) is 16.7 Å². The highest BCUT2D eigenvalue weighted by atomic mass is 35.5. The van der Waals surface area contributed by atoms with Gasteiger partial charge in [0.1, 0.15) is 11.7 Å². The smallest absolute Gasteiger partial charge is 0.237 e. The summed E-state index contributed by atoms with van der Waals surface area (Å²) in [4.78, 5) is 19.1. The van der Waals surface area contributed by atoms with Crippen molar-refractivity contribution in [3.8, 4) is 5.69 Å². The Morgan fingerprint density at radius 1 is 1.17 bits per heavy atom. The molecule has 0 bridgehead atoms. The summed E-state index contributed by atoms with van der Waals surface area (Å²) in [6.07, 6.45) is 0. The molecule has 0 atom stereocenters. The van der Waals surface area contributed by atoms with Crippen molar-refractivity contribution in [3.63, 3.8) is 0 Å². The van der Waals surface area contributed by atoms with Crippen LogP contribution in [0.4, 0.5) is 5.82 Å². The van der Waals surface area contributed by atoms with E-state index in [1.54, 1.807) is 0 Å². The number of aromatic nitrogens is 2. The standard InChI is InChI=1S/C22H32ClN5O/c1-17(2)15-27(21(29)14-23)16-20-18(3)24-28(19-8-6-5-7-9-19)22(20)26-12-10-25(4)11-13-26/h5-9,17H,10-16H2,1-4H3. The van der Waals surface area contributed by atoms with Gasteiger partial charge in [0.05, 0.1) is 17.9 Å². The number of carbonyl (C=O) groups excluding carboxylic acids is 1. The molecule has 0 spiro atoms. The number of benzene rings is 1. The summed E-state index contributed by atoms with van der Waals surface area (Å²) < 4.78 is 2.04. The van der Waals surface area contributed by atoms with Crippen LogP contribution in [0.25, 0.3) is 5.69 Å². The summed E-state index contributed by atoms with van der Waals surface area (Å²) in [5.74, 6) is 1.44. The minimum Gasteiger partial charge on any atom is -0.354 e. The van der Waals surface area contributed by atoms with Crippen LogP contribution in [0, 0.1) is 12.8 Å². The number of para-hydroxylation sites is 1. The first-order chi connectivity index (χ1) is 13.9. The molecule has 1 aromatic carbocycles. The third kappa shape index (κ3) is 5.11. The van der Waals surface area contributed by atoms with Crippen molar-refractivity contribution in [1.29, 1.82) is 0 Å². The summed E-state index contributed by atoms with van der Waals surface area (Å²) in [6.45, 7) is 11.4. The second-order valence-electron chi connectivity index (χ2n) is 8.23. The summed E-state index contributed by atoms with van der Waals surface area (Å²) in [7, 11) is 2.15. The zero-order chi connectivity index (χ0) is 21.0. The Morgan fingerprint density at radius 2 is 1.83 bits per heavy atom. The Hall–Kier alpha value is -2.05. The molecule has 0 aliphatic carbocycles. The molecule has 1 fully saturated rings. The van der Waals surface area contributed by atoms with Crippen LogP contribution >= 0.6 is 11.6 Å². The molecule has 2 aromatic rings. The van der Waals surface area contributed by atoms with Gasteiger partial charge < -0.3 is 14.7 Å². The van der Waals surface area contributed by atoms with Crippen molar-refractivity contribution in [2.75, 3.05) is 50.6 Å². The van der Waals surface area contributed by atoms with Crippen LogP contribution in [0.15, 0.2) is 30.3 Å². The number of nitrogens with zero attached hydrogens (tertiary/aromatic N) is 5. The zero-order valence-electron chi connectivity index (χ0n) is 17.9. The second-order valence-corrected chi connectivity index (χ2v) is 8.49. The predicted octanol–water partition coefficient (Wildman–Crippen LogP) is 3.16. The van der Waals surface area contributed by atoms with Crippen molar-refractivity contribution in [1.82, 2.24) is 19.6 Å². The first-order valence-electron chi connectivity index (χ1n) is 10.3. The largest absolute Gasteiger partial charge is 0.354 e. The third-order valence-electron chi connectivity index (χ3n) is 5.36. The average molecular weight is 418 g/mol. The van der Waals surface area contributed by atoms with Crippen LogP contribution < -0.4 is 4.90 Å². The molecular weight excluding hydrogens is 386 g/mol. The Balaban J connectivity index is 2.03. The number of amides is 1. The normalized spacial score (nSPS) is 15.2. The molecule has 1 amide bonds. The summed E-state index contributed by atoms with van der Waals surface area (Å²) in [5, 5.41) is 4.88. The maximum absolute atomic E-state index is 12.5. The maximum atomic E-state index is 12.5. The quantitative estimate of drug-likeness (QED) is 0.649. The molecule has 0 unspecified atom stereocenters. The molecule has 29 heavy (non-hydrogen) atoms. The first-order valence-corrected chi connectivity index (χ1v) is 10.8. The van der Waals surface area contributed by atoms with E-state index in [0.29, 0.717) is 19.0 Å². The molecule has 1 aromatic heterocycles. The highest BCUT2D eigenvalue weighted by Gasteiger charge is 2.27. The SMILES string of the molecule is Cc1nn(-c2ccccc2)c(N2CCN(C)CC2)c1CN(CC(C)C)C(=O)CCl. The lowest BCUT2D eigenvalue weighted by Gasteiger charge is -2.35. The Kier molecular flexibility index (Phi) is 7.19. The van der Waals surface area contributed by atoms with Gasteiger partial charge in [0, 0.05) is 38.3 Å². The van der Waals surface area contributed by atoms with Gasteiger partial charge in [-0.25, -0.2) is 4.68 Å². The molecule has 0 radical (unpaired) electrons. The van der Waals surface area contributed by atoms with Crippen molar-refractivity contribution in [2.24, 2.45) is 5.92 Å². The lowest BCUT2D eigenvalue weighted by molar-refractivity contribution is -0.129. The Labute approximate surface area is 179 Å². The minimum atomic E-state index is -0.0310. The number of aryl methyl sites for hydroxylation is 1. The fraction of sp³-hybridized carbons (Fsp3) is 0.545. The molecule has 0 N–H and O–H groups in total. The van der Waals surface area contributed by atoms with E-state index < -0.39 is 0 Å². The number of alkyl halides is 1. The molecule has 1 aliphatic heterocycles. The van der Waals surface area contributed by atoms with E-state index in [1.165, 1.54) is 0 Å². The van der Waals surface area contributed by atoms with Gasteiger partial charge in [-0.15, -0.1) is 11.6 Å². The fourth-order valence-electron chi connectivity index (χ4n) is 3.80. The fourth-order valence-corrected chi connectivity index (χ4v) is 3.96. The van der Waals surface area contributed by atoms with Gasteiger partial charge in [-0.05, 0) is 32.0 Å². The molecule has 3 rings (SSSR count). The van der Waals surface area contributed by atoms with E-state index >= 15 is 0 Å². The van der Waals surface area contributed by atoms with E-state index in [1.807, 2.05) is 34.7 Å². The Morgan fingerprint density at radius 3 is 2.41 bits per heavy atom. The minimum absolute atomic E-state index is 0.00241. The lowest BCUT2D eigenvalue weighted by Crippen LogP contribution is -2.45. The van der Waals surface area contributed by atoms with E-state index in [9.17, 15) is 4.79 Å². The number of hydrogen-bond acceptors (Lipinski definition) is 4. The number of carbonyl (C=O) groups is 1. The summed E-state index contributed by atoms with van der Waals surface area (Å²) >= 11 is 5.91. The summed E-state index contributed by atoms with van der Waals surface area (Å²) in [6, 6.07) is 10.2. The molecule has 7 heteroatoms. The van der Waals surface area contributed by atoms with E-state index in [-0.39, 0.29) is 11.8 Å². The molecular formula is C22H32ClN5O. The van der Waals surface area contributed by atoms with Gasteiger partial charge in [-0.2, -0.15) is 5.10 Å². The van der Waals surface area contributed by atoms with Crippen LogP contribution in [-0.2, 0) is 11.3 Å². The van der Waals surface area contributed by atoms with Gasteiger partial charge in [-0.3, -0.25) is 4.79 Å². The van der Waals surface area contributed by atoms with Crippen molar-refractivity contribution in [2.45, 2.75) is 27.3 Å². The molecule has 1 aliphatic rings. The highest BCUT2D eigenvalue weighted by molar-refractivity contribution is 6.27. The van der Waals surface area contributed by atoms with Crippen LogP contribution in [0.2, 0.25) is 0 Å². The van der Waals surface area contributed by atoms with Crippen LogP contribution in [0.3, 0.4) is 0 Å². The molecule has 1 saturated heterocycles. The number of likely N-dealkylation sites (N-methyl/N-ethyl adjacent to an activating group) is 1. The third-order valence-corrected chi connectivity index (χ3v) is 5.59.